The van der Waals surface area contributed by atoms with Crippen molar-refractivity contribution < 1.29 is 23.8 Å². The van der Waals surface area contributed by atoms with E-state index >= 15 is 0 Å². The van der Waals surface area contributed by atoms with Crippen LogP contribution in [-0.2, 0) is 4.79 Å². The molecule has 6 heteroatoms. The minimum absolute atomic E-state index is 0.00836. The molecule has 0 aromatic heterocycles. The van der Waals surface area contributed by atoms with Gasteiger partial charge in [-0.15, -0.1) is 0 Å². The van der Waals surface area contributed by atoms with E-state index in [2.05, 4.69) is 0 Å². The third-order valence-corrected chi connectivity index (χ3v) is 2.29. The molecule has 1 heterocycles. The predicted octanol–water partition coefficient (Wildman–Crippen LogP) is 1.03. The van der Waals surface area contributed by atoms with Crippen LogP contribution in [0.15, 0.2) is 12.1 Å². The number of fused-ring (bicyclic) bond motifs is 1. The van der Waals surface area contributed by atoms with Crippen LogP contribution < -0.4 is 15.2 Å². The number of nitrogens with two attached hydrogens (primary N) is 1. The molecule has 0 fully saturated rings. The van der Waals surface area contributed by atoms with Crippen molar-refractivity contribution in [3.8, 4) is 11.5 Å². The molecule has 0 bridgehead atoms. The van der Waals surface area contributed by atoms with Gasteiger partial charge in [-0.3, -0.25) is 4.79 Å². The number of hydrogen-bond acceptors (Lipinski definition) is 4. The van der Waals surface area contributed by atoms with Gasteiger partial charge in [-0.2, -0.15) is 0 Å². The summed E-state index contributed by atoms with van der Waals surface area (Å²) in [7, 11) is 0. The fourth-order valence-corrected chi connectivity index (χ4v) is 1.61. The lowest BCUT2D eigenvalue weighted by atomic mass is 10.0. The number of carbonyl (C=O) groups is 1. The van der Waals surface area contributed by atoms with Crippen molar-refractivity contribution in [3.05, 3.63) is 23.5 Å². The molecule has 5 nitrogen and oxygen atoms in total. The molecule has 0 saturated heterocycles. The van der Waals surface area contributed by atoms with Gasteiger partial charge in [0, 0.05) is 6.04 Å². The second kappa shape index (κ2) is 3.97. The highest BCUT2D eigenvalue weighted by molar-refractivity contribution is 5.68. The molecule has 1 unspecified atom stereocenters. The van der Waals surface area contributed by atoms with Crippen LogP contribution in [-0.4, -0.2) is 17.9 Å². The average Bonchev–Trinajstić information content (AvgIpc) is 2.63. The maximum absolute atomic E-state index is 13.5. The first-order valence-corrected chi connectivity index (χ1v) is 4.65. The summed E-state index contributed by atoms with van der Waals surface area (Å²) in [5, 5.41) is 8.61. The Morgan fingerprint density at radius 1 is 1.56 bits per heavy atom. The molecule has 0 saturated carbocycles. The summed E-state index contributed by atoms with van der Waals surface area (Å²) in [6, 6.07) is 1.66. The van der Waals surface area contributed by atoms with E-state index in [4.69, 9.17) is 20.3 Å². The monoisotopic (exact) mass is 227 g/mol. The summed E-state index contributed by atoms with van der Waals surface area (Å²) >= 11 is 0. The van der Waals surface area contributed by atoms with Crippen LogP contribution in [0.25, 0.3) is 0 Å². The maximum atomic E-state index is 13.5. The average molecular weight is 227 g/mol. The largest absolute Gasteiger partial charge is 0.481 e. The standard InChI is InChI=1S/C10H10FNO4/c11-5-1-2-7-10(16-4-15-7)9(5)6(12)3-8(13)14/h1-2,6H,3-4,12H2,(H,13,14). The van der Waals surface area contributed by atoms with E-state index in [-0.39, 0.29) is 24.5 Å². The Morgan fingerprint density at radius 3 is 3.00 bits per heavy atom. The Kier molecular flexibility index (Phi) is 2.66. The lowest BCUT2D eigenvalue weighted by Crippen LogP contribution is -2.17. The fraction of sp³-hybridized carbons (Fsp3) is 0.300. The van der Waals surface area contributed by atoms with Crippen molar-refractivity contribution in [1.82, 2.24) is 0 Å². The van der Waals surface area contributed by atoms with E-state index in [0.717, 1.165) is 0 Å². The summed E-state index contributed by atoms with van der Waals surface area (Å²) in [4.78, 5) is 10.5. The van der Waals surface area contributed by atoms with Gasteiger partial charge in [0.25, 0.3) is 0 Å². The summed E-state index contributed by atoms with van der Waals surface area (Å²) in [6.07, 6.45) is -0.364. The van der Waals surface area contributed by atoms with Crippen molar-refractivity contribution in [2.45, 2.75) is 12.5 Å². The third-order valence-electron chi connectivity index (χ3n) is 2.29. The quantitative estimate of drug-likeness (QED) is 0.805. The number of halogens is 1. The van der Waals surface area contributed by atoms with Gasteiger partial charge < -0.3 is 20.3 Å². The molecular weight excluding hydrogens is 217 g/mol. The highest BCUT2D eigenvalue weighted by Gasteiger charge is 2.26. The number of aliphatic carboxylic acids is 1. The van der Waals surface area contributed by atoms with Crippen LogP contribution in [0, 0.1) is 5.82 Å². The van der Waals surface area contributed by atoms with E-state index in [1.54, 1.807) is 0 Å². The Hall–Kier alpha value is -1.82. The normalized spacial score (nSPS) is 14.9. The minimum atomic E-state index is -1.09. The molecule has 86 valence electrons. The zero-order valence-corrected chi connectivity index (χ0v) is 8.27. The second-order valence-corrected chi connectivity index (χ2v) is 3.40. The SMILES string of the molecule is NC(CC(=O)O)c1c(F)ccc2c1OCO2. The van der Waals surface area contributed by atoms with Crippen molar-refractivity contribution in [3.63, 3.8) is 0 Å². The van der Waals surface area contributed by atoms with Crippen LogP contribution in [0.5, 0.6) is 11.5 Å². The van der Waals surface area contributed by atoms with Crippen LogP contribution in [0.2, 0.25) is 0 Å². The van der Waals surface area contributed by atoms with Crippen LogP contribution in [0.3, 0.4) is 0 Å². The molecule has 1 aliphatic heterocycles. The first-order valence-electron chi connectivity index (χ1n) is 4.65. The van der Waals surface area contributed by atoms with Gasteiger partial charge in [0.2, 0.25) is 6.79 Å². The number of hydrogen-bond donors (Lipinski definition) is 2. The van der Waals surface area contributed by atoms with E-state index in [1.165, 1.54) is 12.1 Å². The van der Waals surface area contributed by atoms with Crippen molar-refractivity contribution >= 4 is 5.97 Å². The molecule has 0 amide bonds. The van der Waals surface area contributed by atoms with Gasteiger partial charge in [-0.05, 0) is 12.1 Å². The molecule has 2 rings (SSSR count). The number of carboxylic acid groups (broad SMARTS) is 1. The summed E-state index contributed by atoms with van der Waals surface area (Å²) < 4.78 is 23.7. The minimum Gasteiger partial charge on any atom is -0.481 e. The van der Waals surface area contributed by atoms with Crippen LogP contribution >= 0.6 is 0 Å². The zero-order valence-electron chi connectivity index (χ0n) is 8.27. The van der Waals surface area contributed by atoms with Crippen LogP contribution in [0.1, 0.15) is 18.0 Å². The Morgan fingerprint density at radius 2 is 2.31 bits per heavy atom. The smallest absolute Gasteiger partial charge is 0.305 e. The van der Waals surface area contributed by atoms with E-state index in [9.17, 15) is 9.18 Å². The van der Waals surface area contributed by atoms with Crippen molar-refractivity contribution in [1.29, 1.82) is 0 Å². The van der Waals surface area contributed by atoms with E-state index in [0.29, 0.717) is 5.75 Å². The fourth-order valence-electron chi connectivity index (χ4n) is 1.61. The lowest BCUT2D eigenvalue weighted by Gasteiger charge is -2.12. The van der Waals surface area contributed by atoms with Crippen molar-refractivity contribution in [2.24, 2.45) is 5.73 Å². The van der Waals surface area contributed by atoms with Gasteiger partial charge >= 0.3 is 5.97 Å². The Balaban J connectivity index is 2.39. The molecule has 0 radical (unpaired) electrons. The Bertz CT molecular complexity index is 435. The first kappa shape index (κ1) is 10.7. The zero-order chi connectivity index (χ0) is 11.7. The lowest BCUT2D eigenvalue weighted by molar-refractivity contribution is -0.137. The molecule has 1 aromatic carbocycles. The highest BCUT2D eigenvalue weighted by atomic mass is 19.1. The first-order chi connectivity index (χ1) is 7.59. The van der Waals surface area contributed by atoms with Gasteiger partial charge in [0.1, 0.15) is 5.82 Å². The molecule has 0 spiro atoms. The van der Waals surface area contributed by atoms with Gasteiger partial charge in [0.15, 0.2) is 11.5 Å². The summed E-state index contributed by atoms with van der Waals surface area (Å²) in [5.74, 6) is -1.09. The number of ether oxygens (including phenoxy) is 2. The maximum Gasteiger partial charge on any atom is 0.305 e. The van der Waals surface area contributed by atoms with Gasteiger partial charge in [0.05, 0.1) is 12.0 Å². The molecule has 1 aromatic rings. The molecule has 0 aliphatic carbocycles. The number of rotatable bonds is 3. The molecule has 1 atom stereocenters. The second-order valence-electron chi connectivity index (χ2n) is 3.40. The molecule has 16 heavy (non-hydrogen) atoms. The number of benzene rings is 1. The van der Waals surface area contributed by atoms with Gasteiger partial charge in [-0.25, -0.2) is 4.39 Å². The van der Waals surface area contributed by atoms with E-state index < -0.39 is 17.8 Å². The molecule has 3 N–H and O–H groups in total. The third kappa shape index (κ3) is 1.79. The van der Waals surface area contributed by atoms with Crippen LogP contribution in [0.4, 0.5) is 4.39 Å². The van der Waals surface area contributed by atoms with Crippen molar-refractivity contribution in [2.75, 3.05) is 6.79 Å². The highest BCUT2D eigenvalue weighted by Crippen LogP contribution is 2.40. The molecular formula is C10H10FNO4. The molecule has 1 aliphatic rings. The van der Waals surface area contributed by atoms with E-state index in [1.807, 2.05) is 0 Å². The Labute approximate surface area is 90.6 Å². The summed E-state index contributed by atoms with van der Waals surface area (Å²) in [6.45, 7) is -0.00836. The number of carboxylic acids is 1. The topological polar surface area (TPSA) is 81.8 Å². The van der Waals surface area contributed by atoms with Gasteiger partial charge in [-0.1, -0.05) is 0 Å². The summed E-state index contributed by atoms with van der Waals surface area (Å²) in [5.41, 5.74) is 5.67. The predicted molar refractivity (Wildman–Crippen MR) is 51.7 cm³/mol.